The monoisotopic (exact) mass is 237 g/mol. The van der Waals surface area contributed by atoms with Crippen molar-refractivity contribution in [3.8, 4) is 0 Å². The van der Waals surface area contributed by atoms with Gasteiger partial charge in [-0.3, -0.25) is 4.90 Å². The van der Waals surface area contributed by atoms with Gasteiger partial charge in [-0.05, 0) is 26.3 Å². The SMILES string of the molecule is CCOCN(COCC)[C@@H](C)c1ccccc1. The number of hydrogen-bond donors (Lipinski definition) is 0. The number of rotatable bonds is 8. The van der Waals surface area contributed by atoms with Gasteiger partial charge in [0.25, 0.3) is 0 Å². The molecule has 3 heteroatoms. The molecule has 0 aliphatic carbocycles. The summed E-state index contributed by atoms with van der Waals surface area (Å²) in [5.41, 5.74) is 1.28. The maximum Gasteiger partial charge on any atom is 0.101 e. The van der Waals surface area contributed by atoms with Crippen molar-refractivity contribution >= 4 is 0 Å². The van der Waals surface area contributed by atoms with Crippen LogP contribution in [0.4, 0.5) is 0 Å². The molecule has 3 nitrogen and oxygen atoms in total. The van der Waals surface area contributed by atoms with Crippen LogP contribution in [0, 0.1) is 0 Å². The molecule has 0 bridgehead atoms. The molecule has 1 rings (SSSR count). The molecule has 96 valence electrons. The second kappa shape index (κ2) is 8.23. The number of nitrogens with zero attached hydrogens (tertiary/aromatic N) is 1. The quantitative estimate of drug-likeness (QED) is 0.649. The third-order valence-corrected chi connectivity index (χ3v) is 2.75. The molecule has 0 fully saturated rings. The van der Waals surface area contributed by atoms with E-state index in [9.17, 15) is 0 Å². The average Bonchev–Trinajstić information content (AvgIpc) is 2.39. The first-order valence-electron chi connectivity index (χ1n) is 6.24. The van der Waals surface area contributed by atoms with Gasteiger partial charge in [-0.2, -0.15) is 0 Å². The second-order valence-corrected chi connectivity index (χ2v) is 3.92. The Bertz CT molecular complexity index is 282. The first kappa shape index (κ1) is 14.2. The normalized spacial score (nSPS) is 12.9. The summed E-state index contributed by atoms with van der Waals surface area (Å²) < 4.78 is 11.0. The van der Waals surface area contributed by atoms with Crippen LogP contribution in [0.2, 0.25) is 0 Å². The van der Waals surface area contributed by atoms with E-state index in [1.54, 1.807) is 0 Å². The highest BCUT2D eigenvalue weighted by atomic mass is 16.5. The Kier molecular flexibility index (Phi) is 6.86. The molecule has 0 amide bonds. The Balaban J connectivity index is 2.61. The van der Waals surface area contributed by atoms with Crippen molar-refractivity contribution in [1.29, 1.82) is 0 Å². The van der Waals surface area contributed by atoms with Gasteiger partial charge in [-0.25, -0.2) is 0 Å². The summed E-state index contributed by atoms with van der Waals surface area (Å²) in [5.74, 6) is 0. The van der Waals surface area contributed by atoms with Crippen LogP contribution in [-0.2, 0) is 9.47 Å². The molecule has 0 saturated heterocycles. The lowest BCUT2D eigenvalue weighted by Crippen LogP contribution is -2.32. The van der Waals surface area contributed by atoms with Gasteiger partial charge in [0.2, 0.25) is 0 Å². The summed E-state index contributed by atoms with van der Waals surface area (Å²) in [6, 6.07) is 10.7. The van der Waals surface area contributed by atoms with Gasteiger partial charge in [-0.15, -0.1) is 0 Å². The largest absolute Gasteiger partial charge is 0.366 e. The maximum absolute atomic E-state index is 5.48. The zero-order valence-electron chi connectivity index (χ0n) is 11.1. The first-order valence-corrected chi connectivity index (χ1v) is 6.24. The summed E-state index contributed by atoms with van der Waals surface area (Å²) in [5, 5.41) is 0. The molecule has 0 N–H and O–H groups in total. The van der Waals surface area contributed by atoms with Crippen LogP contribution in [-0.4, -0.2) is 31.6 Å². The van der Waals surface area contributed by atoms with E-state index in [0.29, 0.717) is 19.5 Å². The van der Waals surface area contributed by atoms with E-state index in [4.69, 9.17) is 9.47 Å². The van der Waals surface area contributed by atoms with Crippen LogP contribution in [0.1, 0.15) is 32.4 Å². The number of hydrogen-bond acceptors (Lipinski definition) is 3. The molecule has 0 spiro atoms. The highest BCUT2D eigenvalue weighted by molar-refractivity contribution is 5.18. The molecule has 17 heavy (non-hydrogen) atoms. The molecule has 0 radical (unpaired) electrons. The fraction of sp³-hybridized carbons (Fsp3) is 0.571. The van der Waals surface area contributed by atoms with E-state index >= 15 is 0 Å². The van der Waals surface area contributed by atoms with Crippen LogP contribution in [0.5, 0.6) is 0 Å². The van der Waals surface area contributed by atoms with Crippen LogP contribution < -0.4 is 0 Å². The molecular weight excluding hydrogens is 214 g/mol. The van der Waals surface area contributed by atoms with Crippen LogP contribution >= 0.6 is 0 Å². The van der Waals surface area contributed by atoms with Crippen LogP contribution in [0.25, 0.3) is 0 Å². The highest BCUT2D eigenvalue weighted by Gasteiger charge is 2.15. The molecule has 0 aliphatic rings. The minimum Gasteiger partial charge on any atom is -0.366 e. The van der Waals surface area contributed by atoms with Crippen molar-refractivity contribution < 1.29 is 9.47 Å². The smallest absolute Gasteiger partial charge is 0.101 e. The van der Waals surface area contributed by atoms with Gasteiger partial charge in [-0.1, -0.05) is 30.3 Å². The van der Waals surface area contributed by atoms with Crippen molar-refractivity contribution in [2.24, 2.45) is 0 Å². The Labute approximate surface area is 104 Å². The standard InChI is InChI=1S/C14H23NO2/c1-4-16-11-15(12-17-5-2)13(3)14-9-7-6-8-10-14/h6-10,13H,4-5,11-12H2,1-3H3/t13-/m0/s1. The predicted molar refractivity (Wildman–Crippen MR) is 69.7 cm³/mol. The molecule has 0 unspecified atom stereocenters. The lowest BCUT2D eigenvalue weighted by Gasteiger charge is -2.28. The van der Waals surface area contributed by atoms with Gasteiger partial charge in [0.05, 0.1) is 0 Å². The van der Waals surface area contributed by atoms with Gasteiger partial charge >= 0.3 is 0 Å². The number of benzene rings is 1. The molecule has 1 aromatic carbocycles. The van der Waals surface area contributed by atoms with Crippen molar-refractivity contribution in [1.82, 2.24) is 4.90 Å². The molecule has 1 atom stereocenters. The van der Waals surface area contributed by atoms with Crippen LogP contribution in [0.15, 0.2) is 30.3 Å². The zero-order valence-corrected chi connectivity index (χ0v) is 11.1. The topological polar surface area (TPSA) is 21.7 Å². The van der Waals surface area contributed by atoms with Gasteiger partial charge < -0.3 is 9.47 Å². The van der Waals surface area contributed by atoms with E-state index in [0.717, 1.165) is 13.2 Å². The van der Waals surface area contributed by atoms with Gasteiger partial charge in [0, 0.05) is 19.3 Å². The maximum atomic E-state index is 5.48. The summed E-state index contributed by atoms with van der Waals surface area (Å²) in [7, 11) is 0. The molecular formula is C14H23NO2. The predicted octanol–water partition coefficient (Wildman–Crippen LogP) is 3.04. The summed E-state index contributed by atoms with van der Waals surface area (Å²) in [6.45, 7) is 8.85. The van der Waals surface area contributed by atoms with Crippen molar-refractivity contribution in [2.45, 2.75) is 26.8 Å². The third-order valence-electron chi connectivity index (χ3n) is 2.75. The van der Waals surface area contributed by atoms with E-state index in [2.05, 4.69) is 36.1 Å². The minimum atomic E-state index is 0.300. The first-order chi connectivity index (χ1) is 8.29. The summed E-state index contributed by atoms with van der Waals surface area (Å²) in [6.07, 6.45) is 0. The molecule has 0 aliphatic heterocycles. The fourth-order valence-corrected chi connectivity index (χ4v) is 1.62. The van der Waals surface area contributed by atoms with Crippen molar-refractivity contribution in [3.63, 3.8) is 0 Å². The molecule has 1 aromatic rings. The van der Waals surface area contributed by atoms with E-state index in [1.165, 1.54) is 5.56 Å². The van der Waals surface area contributed by atoms with Crippen molar-refractivity contribution in [3.05, 3.63) is 35.9 Å². The Hall–Kier alpha value is -0.900. The number of ether oxygens (including phenoxy) is 2. The third kappa shape index (κ3) is 4.86. The molecule has 0 aromatic heterocycles. The second-order valence-electron chi connectivity index (χ2n) is 3.92. The van der Waals surface area contributed by atoms with E-state index in [-0.39, 0.29) is 0 Å². The average molecular weight is 237 g/mol. The molecule has 0 heterocycles. The zero-order chi connectivity index (χ0) is 12.5. The van der Waals surface area contributed by atoms with E-state index < -0.39 is 0 Å². The van der Waals surface area contributed by atoms with E-state index in [1.807, 2.05) is 19.9 Å². The minimum absolute atomic E-state index is 0.300. The fourth-order valence-electron chi connectivity index (χ4n) is 1.62. The summed E-state index contributed by atoms with van der Waals surface area (Å²) >= 11 is 0. The highest BCUT2D eigenvalue weighted by Crippen LogP contribution is 2.19. The van der Waals surface area contributed by atoms with Crippen molar-refractivity contribution in [2.75, 3.05) is 26.7 Å². The Morgan fingerprint density at radius 2 is 1.53 bits per heavy atom. The van der Waals surface area contributed by atoms with Gasteiger partial charge in [0.1, 0.15) is 13.5 Å². The Morgan fingerprint density at radius 1 is 1.00 bits per heavy atom. The van der Waals surface area contributed by atoms with Crippen LogP contribution in [0.3, 0.4) is 0 Å². The lowest BCUT2D eigenvalue weighted by molar-refractivity contribution is -0.0589. The Morgan fingerprint density at radius 3 is 2.00 bits per heavy atom. The lowest BCUT2D eigenvalue weighted by atomic mass is 10.1. The molecule has 0 saturated carbocycles. The van der Waals surface area contributed by atoms with Gasteiger partial charge in [0.15, 0.2) is 0 Å². The summed E-state index contributed by atoms with van der Waals surface area (Å²) in [4.78, 5) is 2.18.